The number of rotatable bonds is 3. The summed E-state index contributed by atoms with van der Waals surface area (Å²) in [7, 11) is 1.25. The molecule has 22 heavy (non-hydrogen) atoms. The molecule has 0 radical (unpaired) electrons. The van der Waals surface area contributed by atoms with E-state index < -0.39 is 11.9 Å². The zero-order valence-electron chi connectivity index (χ0n) is 11.9. The van der Waals surface area contributed by atoms with Gasteiger partial charge in [-0.05, 0) is 65.4 Å². The first-order valence-electron chi connectivity index (χ1n) is 6.28. The molecule has 0 aliphatic heterocycles. The highest BCUT2D eigenvalue weighted by Gasteiger charge is 2.18. The molecule has 0 fully saturated rings. The van der Waals surface area contributed by atoms with Crippen LogP contribution in [0.1, 0.15) is 26.3 Å². The Hall–Kier alpha value is -1.60. The zero-order valence-corrected chi connectivity index (χ0v) is 14.8. The molecule has 0 aliphatic carbocycles. The third-order valence-corrected chi connectivity index (χ3v) is 4.35. The maximum atomic E-state index is 12.2. The second kappa shape index (κ2) is 7.11. The monoisotopic (exact) mass is 430 g/mol. The van der Waals surface area contributed by atoms with Crippen molar-refractivity contribution in [2.24, 2.45) is 0 Å². The SMILES string of the molecule is COC(=O)c1cc(Cl)ccc1OC(=O)c1ccc(C)c(I)c1. The maximum Gasteiger partial charge on any atom is 0.343 e. The number of carbonyl (C=O) groups excluding carboxylic acids is 2. The highest BCUT2D eigenvalue weighted by molar-refractivity contribution is 14.1. The van der Waals surface area contributed by atoms with Crippen LogP contribution in [-0.2, 0) is 4.74 Å². The highest BCUT2D eigenvalue weighted by Crippen LogP contribution is 2.25. The molecule has 2 rings (SSSR count). The molecular weight excluding hydrogens is 419 g/mol. The molecule has 0 saturated carbocycles. The molecule has 114 valence electrons. The van der Waals surface area contributed by atoms with Gasteiger partial charge in [-0.3, -0.25) is 0 Å². The predicted octanol–water partition coefficient (Wildman–Crippen LogP) is 4.26. The number of methoxy groups -OCH3 is 1. The van der Waals surface area contributed by atoms with Crippen molar-refractivity contribution in [1.82, 2.24) is 0 Å². The van der Waals surface area contributed by atoms with Gasteiger partial charge in [0, 0.05) is 8.59 Å². The lowest BCUT2D eigenvalue weighted by Crippen LogP contribution is -2.12. The molecule has 0 aliphatic rings. The summed E-state index contributed by atoms with van der Waals surface area (Å²) in [6, 6.07) is 9.64. The van der Waals surface area contributed by atoms with E-state index in [2.05, 4.69) is 27.3 Å². The molecule has 2 aromatic carbocycles. The number of aryl methyl sites for hydroxylation is 1. The minimum Gasteiger partial charge on any atom is -0.465 e. The minimum atomic E-state index is -0.621. The van der Waals surface area contributed by atoms with Crippen LogP contribution in [0.2, 0.25) is 5.02 Å². The van der Waals surface area contributed by atoms with Gasteiger partial charge < -0.3 is 9.47 Å². The molecule has 4 nitrogen and oxygen atoms in total. The summed E-state index contributed by atoms with van der Waals surface area (Å²) in [6.07, 6.45) is 0. The lowest BCUT2D eigenvalue weighted by Gasteiger charge is -2.10. The fourth-order valence-corrected chi connectivity index (χ4v) is 2.43. The Balaban J connectivity index is 2.32. The van der Waals surface area contributed by atoms with Crippen molar-refractivity contribution in [3.05, 3.63) is 61.7 Å². The van der Waals surface area contributed by atoms with Gasteiger partial charge in [0.2, 0.25) is 0 Å². The van der Waals surface area contributed by atoms with E-state index in [1.807, 2.05) is 13.0 Å². The van der Waals surface area contributed by atoms with Crippen molar-refractivity contribution in [1.29, 1.82) is 0 Å². The van der Waals surface area contributed by atoms with Crippen LogP contribution in [0.5, 0.6) is 5.75 Å². The molecule has 0 heterocycles. The second-order valence-electron chi connectivity index (χ2n) is 4.49. The van der Waals surface area contributed by atoms with Crippen molar-refractivity contribution < 1.29 is 19.1 Å². The van der Waals surface area contributed by atoms with Crippen LogP contribution in [0.15, 0.2) is 36.4 Å². The molecule has 0 atom stereocenters. The van der Waals surface area contributed by atoms with Gasteiger partial charge in [0.1, 0.15) is 11.3 Å². The largest absolute Gasteiger partial charge is 0.465 e. The van der Waals surface area contributed by atoms with E-state index in [-0.39, 0.29) is 11.3 Å². The first kappa shape index (κ1) is 16.8. The summed E-state index contributed by atoms with van der Waals surface area (Å²) in [6.45, 7) is 1.95. The van der Waals surface area contributed by atoms with Crippen molar-refractivity contribution in [3.63, 3.8) is 0 Å². The summed E-state index contributed by atoms with van der Waals surface area (Å²) in [5.41, 5.74) is 1.57. The number of halogens is 2. The Kier molecular flexibility index (Phi) is 5.42. The maximum absolute atomic E-state index is 12.2. The predicted molar refractivity (Wildman–Crippen MR) is 91.6 cm³/mol. The molecule has 0 saturated heterocycles. The molecule has 0 N–H and O–H groups in total. The standard InChI is InChI=1S/C16H12ClIO4/c1-9-3-4-10(7-13(9)18)15(19)22-14-6-5-11(17)8-12(14)16(20)21-2/h3-8H,1-2H3. The fraction of sp³-hybridized carbons (Fsp3) is 0.125. The van der Waals surface area contributed by atoms with Crippen LogP contribution in [0.4, 0.5) is 0 Å². The molecule has 0 amide bonds. The Morgan fingerprint density at radius 2 is 1.82 bits per heavy atom. The van der Waals surface area contributed by atoms with Gasteiger partial charge in [0.05, 0.1) is 12.7 Å². The summed E-state index contributed by atoms with van der Waals surface area (Å²) in [4.78, 5) is 23.9. The van der Waals surface area contributed by atoms with Gasteiger partial charge in [-0.25, -0.2) is 9.59 Å². The van der Waals surface area contributed by atoms with E-state index in [4.69, 9.17) is 16.3 Å². The molecule has 6 heteroatoms. The van der Waals surface area contributed by atoms with Crippen LogP contribution in [0, 0.1) is 10.5 Å². The summed E-state index contributed by atoms with van der Waals surface area (Å²) >= 11 is 8.00. The lowest BCUT2D eigenvalue weighted by molar-refractivity contribution is 0.0593. The Labute approximate surface area is 146 Å². The van der Waals surface area contributed by atoms with Crippen LogP contribution in [0.25, 0.3) is 0 Å². The number of ether oxygens (including phenoxy) is 2. The zero-order chi connectivity index (χ0) is 16.3. The first-order valence-corrected chi connectivity index (χ1v) is 7.74. The Bertz CT molecular complexity index is 743. The number of esters is 2. The van der Waals surface area contributed by atoms with E-state index in [9.17, 15) is 9.59 Å². The van der Waals surface area contributed by atoms with Gasteiger partial charge in [0.15, 0.2) is 0 Å². The lowest BCUT2D eigenvalue weighted by atomic mass is 10.1. The third kappa shape index (κ3) is 3.78. The number of benzene rings is 2. The van der Waals surface area contributed by atoms with Gasteiger partial charge in [-0.2, -0.15) is 0 Å². The van der Waals surface area contributed by atoms with Gasteiger partial charge in [-0.15, -0.1) is 0 Å². The van der Waals surface area contributed by atoms with Crippen molar-refractivity contribution in [2.45, 2.75) is 6.92 Å². The molecule has 0 aromatic heterocycles. The van der Waals surface area contributed by atoms with Gasteiger partial charge in [-0.1, -0.05) is 17.7 Å². The van der Waals surface area contributed by atoms with Crippen LogP contribution >= 0.6 is 34.2 Å². The van der Waals surface area contributed by atoms with Crippen molar-refractivity contribution in [3.8, 4) is 5.75 Å². The van der Waals surface area contributed by atoms with E-state index in [0.29, 0.717) is 10.6 Å². The quantitative estimate of drug-likeness (QED) is 0.415. The summed E-state index contributed by atoms with van der Waals surface area (Å²) in [5, 5.41) is 0.352. The molecule has 0 bridgehead atoms. The molecule has 0 spiro atoms. The van der Waals surface area contributed by atoms with E-state index in [0.717, 1.165) is 9.13 Å². The topological polar surface area (TPSA) is 52.6 Å². The molecular formula is C16H12ClIO4. The van der Waals surface area contributed by atoms with Gasteiger partial charge in [0.25, 0.3) is 0 Å². The second-order valence-corrected chi connectivity index (χ2v) is 6.08. The van der Waals surface area contributed by atoms with Crippen molar-refractivity contribution >= 4 is 46.1 Å². The number of hydrogen-bond donors (Lipinski definition) is 0. The van der Waals surface area contributed by atoms with Gasteiger partial charge >= 0.3 is 11.9 Å². The smallest absolute Gasteiger partial charge is 0.343 e. The van der Waals surface area contributed by atoms with E-state index >= 15 is 0 Å². The molecule has 2 aromatic rings. The van der Waals surface area contributed by atoms with Crippen LogP contribution in [-0.4, -0.2) is 19.0 Å². The molecule has 0 unspecified atom stereocenters. The van der Waals surface area contributed by atoms with Crippen LogP contribution in [0.3, 0.4) is 0 Å². The number of hydrogen-bond acceptors (Lipinski definition) is 4. The minimum absolute atomic E-state index is 0.102. The van der Waals surface area contributed by atoms with E-state index in [1.165, 1.54) is 25.3 Å². The van der Waals surface area contributed by atoms with Crippen molar-refractivity contribution in [2.75, 3.05) is 7.11 Å². The average molecular weight is 431 g/mol. The van der Waals surface area contributed by atoms with E-state index in [1.54, 1.807) is 12.1 Å². The fourth-order valence-electron chi connectivity index (χ4n) is 1.74. The Morgan fingerprint density at radius 3 is 2.45 bits per heavy atom. The summed E-state index contributed by atoms with van der Waals surface area (Å²) < 4.78 is 10.9. The number of carbonyl (C=O) groups is 2. The highest BCUT2D eigenvalue weighted by atomic mass is 127. The summed E-state index contributed by atoms with van der Waals surface area (Å²) in [5.74, 6) is -1.06. The Morgan fingerprint density at radius 1 is 1.09 bits per heavy atom. The average Bonchev–Trinajstić information content (AvgIpc) is 2.50. The normalized spacial score (nSPS) is 10.2. The van der Waals surface area contributed by atoms with Crippen LogP contribution < -0.4 is 4.74 Å². The third-order valence-electron chi connectivity index (χ3n) is 2.96. The first-order chi connectivity index (χ1) is 10.4.